The monoisotopic (exact) mass is 364 g/mol. The largest absolute Gasteiger partial charge is 0.451 e. The molecule has 2 aromatic heterocycles. The second-order valence-electron chi connectivity index (χ2n) is 5.39. The Bertz CT molecular complexity index is 1030. The van der Waals surface area contributed by atoms with E-state index in [-0.39, 0.29) is 10.7 Å². The van der Waals surface area contributed by atoms with Crippen LogP contribution in [-0.2, 0) is 10.0 Å². The molecule has 2 heterocycles. The number of furan rings is 1. The van der Waals surface area contributed by atoms with Crippen LogP contribution in [-0.4, -0.2) is 14.3 Å². The number of sulfonamides is 1. The van der Waals surface area contributed by atoms with Gasteiger partial charge >= 0.3 is 5.91 Å². The molecule has 3 aromatic rings. The number of carbonyl (C=O) groups excluding carboxylic acids is 1. The number of nitrogens with one attached hydrogen (secondary N) is 2. The first-order valence-corrected chi connectivity index (χ1v) is 9.47. The van der Waals surface area contributed by atoms with Crippen LogP contribution in [0.1, 0.15) is 25.9 Å². The Morgan fingerprint density at radius 1 is 1.17 bits per heavy atom. The molecule has 0 aliphatic heterocycles. The van der Waals surface area contributed by atoms with Gasteiger partial charge in [0.25, 0.3) is 10.0 Å². The lowest BCUT2D eigenvalue weighted by molar-refractivity contribution is 0.0918. The number of amides is 1. The molecule has 126 valence electrons. The van der Waals surface area contributed by atoms with E-state index >= 15 is 0 Å². The summed E-state index contributed by atoms with van der Waals surface area (Å²) in [6.45, 7) is 5.30. The first-order chi connectivity index (χ1) is 11.3. The molecule has 0 aliphatic rings. The van der Waals surface area contributed by atoms with E-state index in [9.17, 15) is 13.2 Å². The minimum atomic E-state index is -3.83. The number of carbonyl (C=O) groups is 1. The smallest absolute Gasteiger partial charge is 0.302 e. The molecule has 0 unspecified atom stereocenters. The number of hydrogen-bond donors (Lipinski definition) is 2. The minimum Gasteiger partial charge on any atom is -0.451 e. The quantitative estimate of drug-likeness (QED) is 0.697. The maximum atomic E-state index is 12.3. The normalized spacial score (nSPS) is 11.8. The molecule has 6 nitrogen and oxygen atoms in total. The lowest BCUT2D eigenvalue weighted by Gasteiger charge is -2.07. The van der Waals surface area contributed by atoms with Crippen LogP contribution in [0, 0.1) is 20.8 Å². The second-order valence-corrected chi connectivity index (χ2v) is 8.50. The molecule has 3 rings (SSSR count). The second kappa shape index (κ2) is 6.04. The third-order valence-electron chi connectivity index (χ3n) is 3.63. The highest BCUT2D eigenvalue weighted by atomic mass is 32.2. The molecule has 0 radical (unpaired) electrons. The van der Waals surface area contributed by atoms with Crippen molar-refractivity contribution in [1.82, 2.24) is 10.3 Å². The van der Waals surface area contributed by atoms with E-state index in [1.807, 2.05) is 19.1 Å². The van der Waals surface area contributed by atoms with Crippen LogP contribution in [0.25, 0.3) is 11.0 Å². The number of fused-ring (bicyclic) bond motifs is 1. The van der Waals surface area contributed by atoms with Gasteiger partial charge in [-0.05, 0) is 32.9 Å². The standard InChI is InChI=1S/C16H16N2O4S2/c1-9-8-14(11(3)23-9)24(20,21)18-17-16(19)15-10(2)12-6-4-5-7-13(12)22-15/h4-8,18H,1-3H3,(H,17,19). The molecule has 8 heteroatoms. The molecule has 0 fully saturated rings. The summed E-state index contributed by atoms with van der Waals surface area (Å²) in [6, 6.07) is 8.81. The fourth-order valence-electron chi connectivity index (χ4n) is 2.49. The summed E-state index contributed by atoms with van der Waals surface area (Å²) in [4.78, 5) is 16.1. The Kier molecular flexibility index (Phi) is 4.20. The van der Waals surface area contributed by atoms with Gasteiger partial charge in [-0.3, -0.25) is 10.2 Å². The average Bonchev–Trinajstić information content (AvgIpc) is 3.06. The first-order valence-electron chi connectivity index (χ1n) is 7.17. The zero-order chi connectivity index (χ0) is 17.5. The molecule has 0 aliphatic carbocycles. The maximum Gasteiger partial charge on any atom is 0.302 e. The van der Waals surface area contributed by atoms with Gasteiger partial charge in [0.1, 0.15) is 5.58 Å². The summed E-state index contributed by atoms with van der Waals surface area (Å²) in [5.74, 6) is -0.561. The van der Waals surface area contributed by atoms with Crippen LogP contribution in [0.4, 0.5) is 0 Å². The van der Waals surface area contributed by atoms with Crippen molar-refractivity contribution >= 4 is 38.2 Å². The van der Waals surface area contributed by atoms with E-state index in [2.05, 4.69) is 10.3 Å². The van der Waals surface area contributed by atoms with E-state index in [1.54, 1.807) is 32.0 Å². The topological polar surface area (TPSA) is 88.4 Å². The molecule has 1 amide bonds. The number of hydrogen-bond acceptors (Lipinski definition) is 5. The zero-order valence-corrected chi connectivity index (χ0v) is 15.0. The van der Waals surface area contributed by atoms with Gasteiger partial charge in [-0.25, -0.2) is 8.42 Å². The van der Waals surface area contributed by atoms with Crippen LogP contribution >= 0.6 is 11.3 Å². The molecule has 0 saturated carbocycles. The highest BCUT2D eigenvalue weighted by Gasteiger charge is 2.22. The van der Waals surface area contributed by atoms with Gasteiger partial charge in [0.15, 0.2) is 5.76 Å². The summed E-state index contributed by atoms with van der Waals surface area (Å²) in [7, 11) is -3.83. The third kappa shape index (κ3) is 2.95. The maximum absolute atomic E-state index is 12.3. The Morgan fingerprint density at radius 3 is 2.50 bits per heavy atom. The minimum absolute atomic E-state index is 0.0807. The number of benzene rings is 1. The van der Waals surface area contributed by atoms with Crippen molar-refractivity contribution in [3.63, 3.8) is 0 Å². The molecule has 1 aromatic carbocycles. The van der Waals surface area contributed by atoms with Crippen LogP contribution < -0.4 is 10.3 Å². The first kappa shape index (κ1) is 16.7. The van der Waals surface area contributed by atoms with Gasteiger partial charge in [-0.1, -0.05) is 18.2 Å². The number of thiophene rings is 1. The summed E-state index contributed by atoms with van der Waals surface area (Å²) in [6.07, 6.45) is 0. The van der Waals surface area contributed by atoms with Crippen molar-refractivity contribution in [2.45, 2.75) is 25.7 Å². The van der Waals surface area contributed by atoms with Crippen molar-refractivity contribution in [3.05, 3.63) is 51.4 Å². The van der Waals surface area contributed by atoms with Crippen LogP contribution in [0.3, 0.4) is 0 Å². The molecule has 24 heavy (non-hydrogen) atoms. The summed E-state index contributed by atoms with van der Waals surface area (Å²) >= 11 is 1.38. The van der Waals surface area contributed by atoms with Gasteiger partial charge in [0.2, 0.25) is 0 Å². The summed E-state index contributed by atoms with van der Waals surface area (Å²) < 4.78 is 30.1. The molecular weight excluding hydrogens is 348 g/mol. The van der Waals surface area contributed by atoms with Crippen molar-refractivity contribution in [3.8, 4) is 0 Å². The van der Waals surface area contributed by atoms with Gasteiger partial charge in [0.05, 0.1) is 4.90 Å². The van der Waals surface area contributed by atoms with E-state index in [4.69, 9.17) is 4.42 Å². The molecule has 0 bridgehead atoms. The average molecular weight is 364 g/mol. The van der Waals surface area contributed by atoms with E-state index in [0.29, 0.717) is 16.0 Å². The number of para-hydroxylation sites is 1. The number of hydrazine groups is 1. The molecular formula is C16H16N2O4S2. The Hall–Kier alpha value is -2.16. The fourth-order valence-corrected chi connectivity index (χ4v) is 4.89. The molecule has 0 saturated heterocycles. The SMILES string of the molecule is Cc1cc(S(=O)(=O)NNC(=O)c2oc3ccccc3c2C)c(C)s1. The lowest BCUT2D eigenvalue weighted by Crippen LogP contribution is -2.41. The van der Waals surface area contributed by atoms with Crippen molar-refractivity contribution < 1.29 is 17.6 Å². The van der Waals surface area contributed by atoms with E-state index in [1.165, 1.54) is 11.3 Å². The zero-order valence-electron chi connectivity index (χ0n) is 13.3. The predicted octanol–water partition coefficient (Wildman–Crippen LogP) is 3.04. The molecule has 2 N–H and O–H groups in total. The van der Waals surface area contributed by atoms with Crippen LogP contribution in [0.5, 0.6) is 0 Å². The summed E-state index contributed by atoms with van der Waals surface area (Å²) in [5, 5.41) is 0.815. The van der Waals surface area contributed by atoms with Crippen LogP contribution in [0.15, 0.2) is 39.6 Å². The highest BCUT2D eigenvalue weighted by Crippen LogP contribution is 2.26. The Morgan fingerprint density at radius 2 is 1.88 bits per heavy atom. The van der Waals surface area contributed by atoms with Crippen molar-refractivity contribution in [2.75, 3.05) is 0 Å². The lowest BCUT2D eigenvalue weighted by atomic mass is 10.1. The fraction of sp³-hybridized carbons (Fsp3) is 0.188. The third-order valence-corrected chi connectivity index (χ3v) is 6.10. The Labute approximate surface area is 143 Å². The molecule has 0 spiro atoms. The predicted molar refractivity (Wildman–Crippen MR) is 92.5 cm³/mol. The number of aryl methyl sites for hydroxylation is 3. The van der Waals surface area contributed by atoms with E-state index < -0.39 is 15.9 Å². The van der Waals surface area contributed by atoms with Crippen molar-refractivity contribution in [2.24, 2.45) is 0 Å². The highest BCUT2D eigenvalue weighted by molar-refractivity contribution is 7.89. The van der Waals surface area contributed by atoms with Gasteiger partial charge in [-0.15, -0.1) is 16.2 Å². The van der Waals surface area contributed by atoms with Gasteiger partial charge < -0.3 is 4.42 Å². The van der Waals surface area contributed by atoms with E-state index in [0.717, 1.165) is 10.3 Å². The Balaban J connectivity index is 1.82. The van der Waals surface area contributed by atoms with Crippen molar-refractivity contribution in [1.29, 1.82) is 0 Å². The van der Waals surface area contributed by atoms with Gasteiger partial charge in [-0.2, -0.15) is 0 Å². The number of rotatable bonds is 4. The summed E-state index contributed by atoms with van der Waals surface area (Å²) in [5.41, 5.74) is 3.44. The molecule has 0 atom stereocenters. The van der Waals surface area contributed by atoms with Gasteiger partial charge in [0, 0.05) is 20.7 Å². The van der Waals surface area contributed by atoms with Crippen LogP contribution in [0.2, 0.25) is 0 Å².